The van der Waals surface area contributed by atoms with E-state index < -0.39 is 0 Å². The van der Waals surface area contributed by atoms with Gasteiger partial charge in [0.05, 0.1) is 19.8 Å². The molecule has 0 unspecified atom stereocenters. The van der Waals surface area contributed by atoms with Crippen molar-refractivity contribution in [1.82, 2.24) is 4.90 Å². The van der Waals surface area contributed by atoms with Crippen LogP contribution < -0.4 is 19.5 Å². The molecule has 7 nitrogen and oxygen atoms in total. The predicted molar refractivity (Wildman–Crippen MR) is 107 cm³/mol. The molecule has 150 valence electrons. The third-order valence-corrected chi connectivity index (χ3v) is 3.74. The van der Waals surface area contributed by atoms with Crippen LogP contribution in [0.3, 0.4) is 0 Å². The van der Waals surface area contributed by atoms with Gasteiger partial charge < -0.3 is 24.4 Å². The van der Waals surface area contributed by atoms with Crippen LogP contribution in [0.5, 0.6) is 17.2 Å². The van der Waals surface area contributed by atoms with E-state index in [9.17, 15) is 9.59 Å². The van der Waals surface area contributed by atoms with Crippen molar-refractivity contribution in [2.24, 2.45) is 0 Å². The van der Waals surface area contributed by atoms with Crippen molar-refractivity contribution in [3.8, 4) is 17.2 Å². The normalized spacial score (nSPS) is 10.1. The molecule has 0 aliphatic carbocycles. The second-order valence-electron chi connectivity index (χ2n) is 5.93. The van der Waals surface area contributed by atoms with Gasteiger partial charge in [0.1, 0.15) is 5.75 Å². The van der Waals surface area contributed by atoms with Crippen molar-refractivity contribution >= 4 is 17.5 Å². The smallest absolute Gasteiger partial charge is 0.260 e. The summed E-state index contributed by atoms with van der Waals surface area (Å²) in [5, 5.41) is 2.76. The zero-order valence-electron chi connectivity index (χ0n) is 16.4. The number of benzene rings is 2. The maximum absolute atomic E-state index is 12.3. The number of hydrogen-bond donors (Lipinski definition) is 1. The summed E-state index contributed by atoms with van der Waals surface area (Å²) in [5.74, 6) is 1.17. The van der Waals surface area contributed by atoms with Crippen molar-refractivity contribution in [1.29, 1.82) is 0 Å². The Balaban J connectivity index is 1.88. The number of hydrogen-bond acceptors (Lipinski definition) is 5. The molecule has 0 aliphatic heterocycles. The molecule has 0 fully saturated rings. The van der Waals surface area contributed by atoms with Crippen LogP contribution in [-0.2, 0) is 9.59 Å². The molecule has 1 N–H and O–H groups in total. The van der Waals surface area contributed by atoms with E-state index in [2.05, 4.69) is 5.32 Å². The van der Waals surface area contributed by atoms with Gasteiger partial charge in [-0.15, -0.1) is 0 Å². The molecular formula is C21H26N2O5. The van der Waals surface area contributed by atoms with Gasteiger partial charge in [-0.25, -0.2) is 0 Å². The minimum atomic E-state index is -0.317. The summed E-state index contributed by atoms with van der Waals surface area (Å²) in [5.41, 5.74) is 0.568. The highest BCUT2D eigenvalue weighted by Crippen LogP contribution is 2.30. The Labute approximate surface area is 165 Å². The van der Waals surface area contributed by atoms with E-state index in [1.54, 1.807) is 37.4 Å². The predicted octanol–water partition coefficient (Wildman–Crippen LogP) is 2.96. The van der Waals surface area contributed by atoms with E-state index in [1.807, 2.05) is 32.0 Å². The molecule has 2 amide bonds. The Kier molecular flexibility index (Phi) is 8.14. The lowest BCUT2D eigenvalue weighted by molar-refractivity contribution is -0.135. The van der Waals surface area contributed by atoms with E-state index in [1.165, 1.54) is 4.90 Å². The third-order valence-electron chi connectivity index (χ3n) is 3.74. The zero-order chi connectivity index (χ0) is 20.4. The summed E-state index contributed by atoms with van der Waals surface area (Å²) >= 11 is 0. The first-order chi connectivity index (χ1) is 13.5. The van der Waals surface area contributed by atoms with Crippen molar-refractivity contribution in [2.45, 2.75) is 13.8 Å². The highest BCUT2D eigenvalue weighted by atomic mass is 16.5. The van der Waals surface area contributed by atoms with Gasteiger partial charge in [-0.05, 0) is 38.1 Å². The van der Waals surface area contributed by atoms with Gasteiger partial charge in [-0.1, -0.05) is 18.2 Å². The van der Waals surface area contributed by atoms with Crippen molar-refractivity contribution in [3.05, 3.63) is 48.5 Å². The van der Waals surface area contributed by atoms with Gasteiger partial charge in [0.2, 0.25) is 5.91 Å². The van der Waals surface area contributed by atoms with Gasteiger partial charge in [-0.3, -0.25) is 9.59 Å². The monoisotopic (exact) mass is 386 g/mol. The number of carbonyl (C=O) groups excluding carboxylic acids is 2. The summed E-state index contributed by atoms with van der Waals surface area (Å²) in [4.78, 5) is 25.7. The summed E-state index contributed by atoms with van der Waals surface area (Å²) < 4.78 is 16.5. The first-order valence-electron chi connectivity index (χ1n) is 9.14. The van der Waals surface area contributed by atoms with Crippen molar-refractivity contribution < 1.29 is 23.8 Å². The lowest BCUT2D eigenvalue weighted by Gasteiger charge is -2.18. The molecule has 0 spiro atoms. The van der Waals surface area contributed by atoms with Crippen LogP contribution in [0, 0.1) is 0 Å². The Bertz CT molecular complexity index is 780. The summed E-state index contributed by atoms with van der Waals surface area (Å²) in [6.45, 7) is 4.54. The number of nitrogens with one attached hydrogen (secondary N) is 1. The minimum Gasteiger partial charge on any atom is -0.490 e. The standard InChI is InChI=1S/C21H26N2O5/c1-4-26-18-12-11-16(13-19(18)27-5-2)22-20(24)14-23(3)21(25)15-28-17-9-7-6-8-10-17/h6-13H,4-5,14-15H2,1-3H3,(H,22,24). The molecule has 2 rings (SSSR count). The van der Waals surface area contributed by atoms with E-state index >= 15 is 0 Å². The topological polar surface area (TPSA) is 77.1 Å². The Morgan fingerprint density at radius 1 is 0.929 bits per heavy atom. The number of rotatable bonds is 10. The maximum Gasteiger partial charge on any atom is 0.260 e. The van der Waals surface area contributed by atoms with E-state index in [0.29, 0.717) is 36.1 Å². The van der Waals surface area contributed by atoms with Crippen LogP contribution in [0.1, 0.15) is 13.8 Å². The van der Waals surface area contributed by atoms with Gasteiger partial charge >= 0.3 is 0 Å². The van der Waals surface area contributed by atoms with Crippen LogP contribution in [0.15, 0.2) is 48.5 Å². The molecule has 0 aliphatic rings. The van der Waals surface area contributed by atoms with Crippen LogP contribution in [-0.4, -0.2) is 50.1 Å². The fourth-order valence-electron chi connectivity index (χ4n) is 2.40. The molecule has 2 aromatic rings. The number of nitrogens with zero attached hydrogens (tertiary/aromatic N) is 1. The quantitative estimate of drug-likeness (QED) is 0.679. The summed E-state index contributed by atoms with van der Waals surface area (Å²) in [6, 6.07) is 14.2. The largest absolute Gasteiger partial charge is 0.490 e. The second kappa shape index (κ2) is 10.8. The third kappa shape index (κ3) is 6.50. The van der Waals surface area contributed by atoms with Crippen molar-refractivity contribution in [2.75, 3.05) is 38.7 Å². The number of para-hydroxylation sites is 1. The molecule has 28 heavy (non-hydrogen) atoms. The van der Waals surface area contributed by atoms with Crippen LogP contribution >= 0.6 is 0 Å². The van der Waals surface area contributed by atoms with Crippen LogP contribution in [0.4, 0.5) is 5.69 Å². The summed E-state index contributed by atoms with van der Waals surface area (Å²) in [7, 11) is 1.56. The van der Waals surface area contributed by atoms with E-state index in [4.69, 9.17) is 14.2 Å². The number of anilines is 1. The maximum atomic E-state index is 12.3. The SMILES string of the molecule is CCOc1ccc(NC(=O)CN(C)C(=O)COc2ccccc2)cc1OCC. The van der Waals surface area contributed by atoms with E-state index in [0.717, 1.165) is 0 Å². The Morgan fingerprint density at radius 3 is 2.29 bits per heavy atom. The Morgan fingerprint density at radius 2 is 1.61 bits per heavy atom. The Hall–Kier alpha value is -3.22. The minimum absolute atomic E-state index is 0.0891. The van der Waals surface area contributed by atoms with Crippen LogP contribution in [0.25, 0.3) is 0 Å². The molecule has 0 aromatic heterocycles. The first kappa shape index (κ1) is 21.1. The van der Waals surface area contributed by atoms with E-state index in [-0.39, 0.29) is 25.0 Å². The molecule has 7 heteroatoms. The van der Waals surface area contributed by atoms with Crippen LogP contribution in [0.2, 0.25) is 0 Å². The molecule has 0 saturated carbocycles. The molecule has 0 atom stereocenters. The average molecular weight is 386 g/mol. The highest BCUT2D eigenvalue weighted by Gasteiger charge is 2.15. The molecule has 0 heterocycles. The van der Waals surface area contributed by atoms with Gasteiger partial charge in [0.15, 0.2) is 18.1 Å². The lowest BCUT2D eigenvalue weighted by atomic mass is 10.2. The lowest BCUT2D eigenvalue weighted by Crippen LogP contribution is -2.37. The number of likely N-dealkylation sites (N-methyl/N-ethyl adjacent to an activating group) is 1. The average Bonchev–Trinajstić information content (AvgIpc) is 2.69. The summed E-state index contributed by atoms with van der Waals surface area (Å²) in [6.07, 6.45) is 0. The van der Waals surface area contributed by atoms with Gasteiger partial charge in [-0.2, -0.15) is 0 Å². The fraction of sp³-hybridized carbons (Fsp3) is 0.333. The second-order valence-corrected chi connectivity index (χ2v) is 5.93. The molecule has 0 radical (unpaired) electrons. The molecule has 0 bridgehead atoms. The number of carbonyl (C=O) groups is 2. The zero-order valence-corrected chi connectivity index (χ0v) is 16.4. The number of amides is 2. The highest BCUT2D eigenvalue weighted by molar-refractivity contribution is 5.94. The van der Waals surface area contributed by atoms with Crippen molar-refractivity contribution in [3.63, 3.8) is 0 Å². The van der Waals surface area contributed by atoms with Gasteiger partial charge in [0.25, 0.3) is 5.91 Å². The molecule has 0 saturated heterocycles. The fourth-order valence-corrected chi connectivity index (χ4v) is 2.40. The first-order valence-corrected chi connectivity index (χ1v) is 9.14. The number of ether oxygens (including phenoxy) is 3. The molecule has 2 aromatic carbocycles. The van der Waals surface area contributed by atoms with Gasteiger partial charge in [0, 0.05) is 18.8 Å². The molecular weight excluding hydrogens is 360 g/mol.